The molecule has 2 aromatic carbocycles. The zero-order valence-electron chi connectivity index (χ0n) is 13.6. The van der Waals surface area contributed by atoms with Gasteiger partial charge in [-0.25, -0.2) is 0 Å². The molecule has 0 aliphatic carbocycles. The van der Waals surface area contributed by atoms with E-state index in [1.807, 2.05) is 48.5 Å². The molecule has 24 heavy (non-hydrogen) atoms. The monoisotopic (exact) mass is 327 g/mol. The van der Waals surface area contributed by atoms with Crippen LogP contribution < -0.4 is 10.1 Å². The minimum atomic E-state index is -0.944. The van der Waals surface area contributed by atoms with Crippen LogP contribution in [-0.4, -0.2) is 30.6 Å². The Balaban J connectivity index is 1.94. The van der Waals surface area contributed by atoms with Crippen molar-refractivity contribution in [2.45, 2.75) is 12.8 Å². The number of rotatable bonds is 8. The Morgan fingerprint density at radius 1 is 1.08 bits per heavy atom. The number of amides is 1. The second-order valence-electron chi connectivity index (χ2n) is 5.52. The van der Waals surface area contributed by atoms with Crippen LogP contribution in [0.15, 0.2) is 54.6 Å². The molecule has 2 aromatic rings. The number of carboxylic acids is 1. The molecule has 0 bridgehead atoms. The zero-order valence-corrected chi connectivity index (χ0v) is 13.6. The fraction of sp³-hybridized carbons (Fsp3) is 0.263. The predicted octanol–water partition coefficient (Wildman–Crippen LogP) is 2.30. The highest BCUT2D eigenvalue weighted by atomic mass is 16.5. The van der Waals surface area contributed by atoms with Crippen LogP contribution in [0.25, 0.3) is 0 Å². The number of nitrogens with one attached hydrogen (secondary N) is 1. The van der Waals surface area contributed by atoms with E-state index in [-0.39, 0.29) is 18.9 Å². The van der Waals surface area contributed by atoms with Crippen molar-refractivity contribution < 1.29 is 19.4 Å². The van der Waals surface area contributed by atoms with Gasteiger partial charge in [-0.2, -0.15) is 0 Å². The summed E-state index contributed by atoms with van der Waals surface area (Å²) in [6, 6.07) is 16.6. The van der Waals surface area contributed by atoms with Crippen molar-refractivity contribution in [3.8, 4) is 5.75 Å². The third-order valence-corrected chi connectivity index (χ3v) is 3.76. The van der Waals surface area contributed by atoms with Gasteiger partial charge >= 0.3 is 5.97 Å². The Hall–Kier alpha value is -2.82. The van der Waals surface area contributed by atoms with Gasteiger partial charge < -0.3 is 15.2 Å². The largest absolute Gasteiger partial charge is 0.496 e. The molecule has 5 heteroatoms. The fourth-order valence-electron chi connectivity index (χ4n) is 2.46. The molecule has 5 nitrogen and oxygen atoms in total. The van der Waals surface area contributed by atoms with Crippen LogP contribution >= 0.6 is 0 Å². The van der Waals surface area contributed by atoms with Crippen LogP contribution in [0.3, 0.4) is 0 Å². The molecule has 1 unspecified atom stereocenters. The van der Waals surface area contributed by atoms with Crippen LogP contribution in [0, 0.1) is 5.92 Å². The molecule has 2 N–H and O–H groups in total. The van der Waals surface area contributed by atoms with E-state index < -0.39 is 11.9 Å². The molecule has 0 saturated carbocycles. The quantitative estimate of drug-likeness (QED) is 0.780. The molecule has 0 heterocycles. The number of ether oxygens (including phenoxy) is 1. The molecule has 126 valence electrons. The molecule has 0 aliphatic heterocycles. The van der Waals surface area contributed by atoms with Gasteiger partial charge in [-0.05, 0) is 23.6 Å². The lowest BCUT2D eigenvalue weighted by atomic mass is 9.98. The summed E-state index contributed by atoms with van der Waals surface area (Å²) < 4.78 is 5.25. The Morgan fingerprint density at radius 2 is 1.75 bits per heavy atom. The van der Waals surface area contributed by atoms with Gasteiger partial charge in [0.1, 0.15) is 5.75 Å². The van der Waals surface area contributed by atoms with Gasteiger partial charge in [-0.15, -0.1) is 0 Å². The van der Waals surface area contributed by atoms with Gasteiger partial charge in [0.25, 0.3) is 0 Å². The van der Waals surface area contributed by atoms with Gasteiger partial charge in [-0.3, -0.25) is 9.59 Å². The van der Waals surface area contributed by atoms with E-state index in [1.165, 1.54) is 0 Å². The van der Waals surface area contributed by atoms with Crippen LogP contribution in [0.5, 0.6) is 5.75 Å². The summed E-state index contributed by atoms with van der Waals surface area (Å²) >= 11 is 0. The first kappa shape index (κ1) is 17.5. The molecule has 2 rings (SSSR count). The number of carboxylic acid groups (broad SMARTS) is 1. The number of carbonyl (C=O) groups excluding carboxylic acids is 1. The van der Waals surface area contributed by atoms with Crippen LogP contribution in [0.4, 0.5) is 0 Å². The molecule has 0 aliphatic rings. The average Bonchev–Trinajstić information content (AvgIpc) is 2.59. The minimum Gasteiger partial charge on any atom is -0.496 e. The van der Waals surface area contributed by atoms with E-state index in [0.29, 0.717) is 12.2 Å². The summed E-state index contributed by atoms with van der Waals surface area (Å²) in [5, 5.41) is 12.1. The number of methoxy groups -OCH3 is 1. The number of hydrogen-bond acceptors (Lipinski definition) is 3. The first-order valence-electron chi connectivity index (χ1n) is 7.75. The second kappa shape index (κ2) is 8.72. The van der Waals surface area contributed by atoms with Crippen molar-refractivity contribution in [3.63, 3.8) is 0 Å². The van der Waals surface area contributed by atoms with E-state index in [4.69, 9.17) is 4.74 Å². The van der Waals surface area contributed by atoms with Gasteiger partial charge in [0, 0.05) is 6.54 Å². The maximum atomic E-state index is 12.0. The van der Waals surface area contributed by atoms with E-state index in [1.54, 1.807) is 13.2 Å². The van der Waals surface area contributed by atoms with Crippen LogP contribution in [-0.2, 0) is 22.4 Å². The summed E-state index contributed by atoms with van der Waals surface area (Å²) in [5.41, 5.74) is 1.70. The summed E-state index contributed by atoms with van der Waals surface area (Å²) in [4.78, 5) is 23.5. The maximum Gasteiger partial charge on any atom is 0.308 e. The molecule has 1 amide bonds. The summed E-state index contributed by atoms with van der Waals surface area (Å²) in [6.45, 7) is 0.0824. The van der Waals surface area contributed by atoms with Gasteiger partial charge in [-0.1, -0.05) is 48.5 Å². The summed E-state index contributed by atoms with van der Waals surface area (Å²) in [5.74, 6) is -1.19. The standard InChI is InChI=1S/C19H21NO4/c1-24-17-10-6-5-9-15(17)12-16(19(22)23)13-20-18(21)11-14-7-3-2-4-8-14/h2-10,16H,11-13H2,1H3,(H,20,21)(H,22,23). The summed E-state index contributed by atoms with van der Waals surface area (Å²) in [6.07, 6.45) is 0.535. The highest BCUT2D eigenvalue weighted by Crippen LogP contribution is 2.21. The Morgan fingerprint density at radius 3 is 2.42 bits per heavy atom. The van der Waals surface area contributed by atoms with E-state index >= 15 is 0 Å². The highest BCUT2D eigenvalue weighted by Gasteiger charge is 2.20. The fourth-order valence-corrected chi connectivity index (χ4v) is 2.46. The van der Waals surface area contributed by atoms with Crippen molar-refractivity contribution in [2.75, 3.05) is 13.7 Å². The van der Waals surface area contributed by atoms with Crippen molar-refractivity contribution in [1.82, 2.24) is 5.32 Å². The van der Waals surface area contributed by atoms with Crippen LogP contribution in [0.2, 0.25) is 0 Å². The lowest BCUT2D eigenvalue weighted by Gasteiger charge is -2.15. The molecule has 0 spiro atoms. The zero-order chi connectivity index (χ0) is 17.4. The molecule has 0 radical (unpaired) electrons. The summed E-state index contributed by atoms with van der Waals surface area (Å²) in [7, 11) is 1.55. The molecule has 0 aromatic heterocycles. The topological polar surface area (TPSA) is 75.6 Å². The van der Waals surface area contributed by atoms with E-state index in [9.17, 15) is 14.7 Å². The number of aliphatic carboxylic acids is 1. The first-order valence-corrected chi connectivity index (χ1v) is 7.75. The van der Waals surface area contributed by atoms with Crippen LogP contribution in [0.1, 0.15) is 11.1 Å². The van der Waals surface area contributed by atoms with Gasteiger partial charge in [0.2, 0.25) is 5.91 Å². The van der Waals surface area contributed by atoms with Crippen molar-refractivity contribution in [3.05, 3.63) is 65.7 Å². The third-order valence-electron chi connectivity index (χ3n) is 3.76. The Bertz CT molecular complexity index is 685. The molecule has 1 atom stereocenters. The van der Waals surface area contributed by atoms with E-state index in [2.05, 4.69) is 5.32 Å². The number of hydrogen-bond donors (Lipinski definition) is 2. The predicted molar refractivity (Wildman–Crippen MR) is 91.0 cm³/mol. The number of benzene rings is 2. The minimum absolute atomic E-state index is 0.0824. The average molecular weight is 327 g/mol. The second-order valence-corrected chi connectivity index (χ2v) is 5.52. The van der Waals surface area contributed by atoms with Crippen molar-refractivity contribution in [1.29, 1.82) is 0 Å². The van der Waals surface area contributed by atoms with Crippen molar-refractivity contribution in [2.24, 2.45) is 5.92 Å². The van der Waals surface area contributed by atoms with E-state index in [0.717, 1.165) is 11.1 Å². The number of para-hydroxylation sites is 1. The molecular formula is C19H21NO4. The van der Waals surface area contributed by atoms with Gasteiger partial charge in [0.15, 0.2) is 0 Å². The lowest BCUT2D eigenvalue weighted by Crippen LogP contribution is -2.35. The highest BCUT2D eigenvalue weighted by molar-refractivity contribution is 5.79. The molecule has 0 fully saturated rings. The third kappa shape index (κ3) is 5.12. The Kier molecular flexibility index (Phi) is 6.37. The lowest BCUT2D eigenvalue weighted by molar-refractivity contribution is -0.141. The smallest absolute Gasteiger partial charge is 0.308 e. The van der Waals surface area contributed by atoms with Crippen molar-refractivity contribution >= 4 is 11.9 Å². The number of carbonyl (C=O) groups is 2. The maximum absolute atomic E-state index is 12.0. The SMILES string of the molecule is COc1ccccc1CC(CNC(=O)Cc1ccccc1)C(=O)O. The normalized spacial score (nSPS) is 11.5. The van der Waals surface area contributed by atoms with Gasteiger partial charge in [0.05, 0.1) is 19.4 Å². The molecular weight excluding hydrogens is 306 g/mol. The Labute approximate surface area is 141 Å². The first-order chi connectivity index (χ1) is 11.6. The molecule has 0 saturated heterocycles.